The molecule has 140 valence electrons. The van der Waals surface area contributed by atoms with Crippen molar-refractivity contribution in [2.24, 2.45) is 5.73 Å². The smallest absolute Gasteiger partial charge is 0.215 e. The maximum absolute atomic E-state index is 5.41. The molecule has 0 aliphatic carbocycles. The monoisotopic (exact) mass is 389 g/mol. The van der Waals surface area contributed by atoms with Gasteiger partial charge in [-0.25, -0.2) is 15.0 Å². The molecule has 0 fully saturated rings. The van der Waals surface area contributed by atoms with Gasteiger partial charge in [-0.15, -0.1) is 11.3 Å². The molecule has 28 heavy (non-hydrogen) atoms. The maximum Gasteiger partial charge on any atom is 0.215 e. The quantitative estimate of drug-likeness (QED) is 0.468. The van der Waals surface area contributed by atoms with E-state index in [9.17, 15) is 0 Å². The third-order valence-corrected chi connectivity index (χ3v) is 4.87. The Morgan fingerprint density at radius 3 is 2.61 bits per heavy atom. The molecule has 0 saturated heterocycles. The molecule has 3 heterocycles. The standard InChI is InChI=1S/C21H19N5OS/c1-14-3-2-4-19(24-14)26-21-25-18(12-28-21)16-7-5-15(6-8-16)17-9-10-23-20(11-17)27-13-22/h2-12H,13,22H2,1H3,(H,24,25,26). The largest absolute Gasteiger partial charge is 0.462 e. The van der Waals surface area contributed by atoms with Crippen molar-refractivity contribution in [2.45, 2.75) is 6.92 Å². The molecule has 1 aromatic carbocycles. The topological polar surface area (TPSA) is 86.0 Å². The van der Waals surface area contributed by atoms with Crippen molar-refractivity contribution in [1.82, 2.24) is 15.0 Å². The number of nitrogens with one attached hydrogen (secondary N) is 1. The normalized spacial score (nSPS) is 10.6. The van der Waals surface area contributed by atoms with Crippen LogP contribution in [-0.2, 0) is 0 Å². The van der Waals surface area contributed by atoms with Crippen molar-refractivity contribution in [3.8, 4) is 28.3 Å². The van der Waals surface area contributed by atoms with Crippen LogP contribution in [0.5, 0.6) is 5.88 Å². The third kappa shape index (κ3) is 4.16. The second kappa shape index (κ2) is 8.16. The number of aryl methyl sites for hydroxylation is 1. The van der Waals surface area contributed by atoms with Gasteiger partial charge < -0.3 is 10.1 Å². The van der Waals surface area contributed by atoms with Gasteiger partial charge in [0.25, 0.3) is 0 Å². The van der Waals surface area contributed by atoms with Gasteiger partial charge in [0.05, 0.1) is 5.69 Å². The van der Waals surface area contributed by atoms with Gasteiger partial charge in [0.2, 0.25) is 5.88 Å². The fourth-order valence-electron chi connectivity index (χ4n) is 2.77. The number of benzene rings is 1. The van der Waals surface area contributed by atoms with Crippen LogP contribution in [0.15, 0.2) is 66.2 Å². The van der Waals surface area contributed by atoms with E-state index in [2.05, 4.69) is 44.5 Å². The van der Waals surface area contributed by atoms with Gasteiger partial charge in [-0.1, -0.05) is 30.3 Å². The molecule has 0 bridgehead atoms. The summed E-state index contributed by atoms with van der Waals surface area (Å²) in [5.41, 5.74) is 10.5. The summed E-state index contributed by atoms with van der Waals surface area (Å²) in [6, 6.07) is 17.9. The van der Waals surface area contributed by atoms with E-state index in [-0.39, 0.29) is 6.73 Å². The number of ether oxygens (including phenoxy) is 1. The number of anilines is 2. The number of hydrogen-bond donors (Lipinski definition) is 2. The summed E-state index contributed by atoms with van der Waals surface area (Å²) < 4.78 is 5.27. The first-order chi connectivity index (χ1) is 13.7. The van der Waals surface area contributed by atoms with E-state index in [0.717, 1.165) is 39.0 Å². The maximum atomic E-state index is 5.41. The summed E-state index contributed by atoms with van der Waals surface area (Å²) in [4.78, 5) is 13.3. The molecular formula is C21H19N5OS. The van der Waals surface area contributed by atoms with Gasteiger partial charge in [0, 0.05) is 28.9 Å². The Morgan fingerprint density at radius 1 is 1.00 bits per heavy atom. The van der Waals surface area contributed by atoms with Gasteiger partial charge in [-0.2, -0.15) is 0 Å². The average molecular weight is 389 g/mol. The molecule has 3 N–H and O–H groups in total. The van der Waals surface area contributed by atoms with Crippen LogP contribution in [0, 0.1) is 6.92 Å². The number of aromatic nitrogens is 3. The molecule has 0 amide bonds. The number of rotatable bonds is 6. The van der Waals surface area contributed by atoms with E-state index in [4.69, 9.17) is 10.5 Å². The second-order valence-corrected chi connectivity index (χ2v) is 6.96. The molecule has 0 saturated carbocycles. The molecule has 4 aromatic rings. The van der Waals surface area contributed by atoms with Crippen molar-refractivity contribution in [2.75, 3.05) is 12.0 Å². The summed E-state index contributed by atoms with van der Waals surface area (Å²) in [6.45, 7) is 2.07. The van der Waals surface area contributed by atoms with Crippen LogP contribution in [0.2, 0.25) is 0 Å². The molecule has 3 aromatic heterocycles. The van der Waals surface area contributed by atoms with Gasteiger partial charge in [0.1, 0.15) is 12.5 Å². The van der Waals surface area contributed by atoms with Crippen molar-refractivity contribution < 1.29 is 4.74 Å². The predicted octanol–water partition coefficient (Wildman–Crippen LogP) is 4.61. The van der Waals surface area contributed by atoms with E-state index in [1.807, 2.05) is 42.6 Å². The minimum absolute atomic E-state index is 0.105. The zero-order valence-corrected chi connectivity index (χ0v) is 16.1. The Bertz CT molecular complexity index is 1080. The number of thiazole rings is 1. The first-order valence-electron chi connectivity index (χ1n) is 8.77. The highest BCUT2D eigenvalue weighted by Gasteiger charge is 2.07. The molecule has 0 aliphatic heterocycles. The lowest BCUT2D eigenvalue weighted by Crippen LogP contribution is -2.08. The van der Waals surface area contributed by atoms with Crippen LogP contribution in [0.25, 0.3) is 22.4 Å². The number of hydrogen-bond acceptors (Lipinski definition) is 7. The molecule has 0 atom stereocenters. The minimum Gasteiger partial charge on any atom is -0.462 e. The molecule has 0 aliphatic rings. The van der Waals surface area contributed by atoms with Crippen LogP contribution < -0.4 is 15.8 Å². The van der Waals surface area contributed by atoms with Gasteiger partial charge in [-0.3, -0.25) is 5.73 Å². The molecule has 4 rings (SSSR count). The molecule has 7 heteroatoms. The van der Waals surface area contributed by atoms with Crippen molar-refractivity contribution in [1.29, 1.82) is 0 Å². The Morgan fingerprint density at radius 2 is 1.82 bits per heavy atom. The lowest BCUT2D eigenvalue weighted by Gasteiger charge is -2.06. The van der Waals surface area contributed by atoms with Crippen LogP contribution >= 0.6 is 11.3 Å². The van der Waals surface area contributed by atoms with Crippen molar-refractivity contribution in [3.63, 3.8) is 0 Å². The molecule has 6 nitrogen and oxygen atoms in total. The summed E-state index contributed by atoms with van der Waals surface area (Å²) in [5.74, 6) is 1.31. The first kappa shape index (κ1) is 18.1. The van der Waals surface area contributed by atoms with Crippen LogP contribution in [-0.4, -0.2) is 21.7 Å². The lowest BCUT2D eigenvalue weighted by molar-refractivity contribution is 0.317. The predicted molar refractivity (Wildman–Crippen MR) is 113 cm³/mol. The summed E-state index contributed by atoms with van der Waals surface area (Å²) in [5, 5.41) is 6.10. The molecular weight excluding hydrogens is 370 g/mol. The van der Waals surface area contributed by atoms with E-state index in [1.165, 1.54) is 0 Å². The number of nitrogens with two attached hydrogens (primary N) is 1. The minimum atomic E-state index is 0.105. The van der Waals surface area contributed by atoms with Crippen molar-refractivity contribution >= 4 is 22.3 Å². The summed E-state index contributed by atoms with van der Waals surface area (Å²) in [6.07, 6.45) is 1.71. The van der Waals surface area contributed by atoms with Crippen LogP contribution in [0.3, 0.4) is 0 Å². The SMILES string of the molecule is Cc1cccc(Nc2nc(-c3ccc(-c4ccnc(OCN)c4)cc3)cs2)n1. The Labute approximate surface area is 167 Å². The molecule has 0 spiro atoms. The lowest BCUT2D eigenvalue weighted by atomic mass is 10.0. The highest BCUT2D eigenvalue weighted by molar-refractivity contribution is 7.14. The van der Waals surface area contributed by atoms with Crippen LogP contribution in [0.1, 0.15) is 5.69 Å². The zero-order chi connectivity index (χ0) is 19.3. The van der Waals surface area contributed by atoms with E-state index in [1.54, 1.807) is 17.5 Å². The van der Waals surface area contributed by atoms with Gasteiger partial charge in [0.15, 0.2) is 5.13 Å². The van der Waals surface area contributed by atoms with E-state index >= 15 is 0 Å². The summed E-state index contributed by atoms with van der Waals surface area (Å²) in [7, 11) is 0. The Hall–Kier alpha value is -3.29. The fraction of sp³-hybridized carbons (Fsp3) is 0.0952. The third-order valence-electron chi connectivity index (χ3n) is 4.11. The average Bonchev–Trinajstić information content (AvgIpc) is 3.17. The van der Waals surface area contributed by atoms with E-state index < -0.39 is 0 Å². The number of nitrogens with zero attached hydrogens (tertiary/aromatic N) is 3. The zero-order valence-electron chi connectivity index (χ0n) is 15.3. The number of pyridine rings is 2. The first-order valence-corrected chi connectivity index (χ1v) is 9.65. The Kier molecular flexibility index (Phi) is 5.27. The highest BCUT2D eigenvalue weighted by atomic mass is 32.1. The summed E-state index contributed by atoms with van der Waals surface area (Å²) >= 11 is 1.55. The highest BCUT2D eigenvalue weighted by Crippen LogP contribution is 2.29. The van der Waals surface area contributed by atoms with Crippen molar-refractivity contribution in [3.05, 3.63) is 71.9 Å². The fourth-order valence-corrected chi connectivity index (χ4v) is 3.50. The van der Waals surface area contributed by atoms with Crippen LogP contribution in [0.4, 0.5) is 10.9 Å². The molecule has 0 radical (unpaired) electrons. The van der Waals surface area contributed by atoms with E-state index in [0.29, 0.717) is 5.88 Å². The van der Waals surface area contributed by atoms with Gasteiger partial charge >= 0.3 is 0 Å². The molecule has 0 unspecified atom stereocenters. The second-order valence-electron chi connectivity index (χ2n) is 6.10. The van der Waals surface area contributed by atoms with Gasteiger partial charge in [-0.05, 0) is 36.2 Å². The Balaban J connectivity index is 1.51.